The zero-order valence-electron chi connectivity index (χ0n) is 10.4. The van der Waals surface area contributed by atoms with E-state index in [9.17, 15) is 13.5 Å². The van der Waals surface area contributed by atoms with Gasteiger partial charge in [-0.2, -0.15) is 0 Å². The lowest BCUT2D eigenvalue weighted by Crippen LogP contribution is -2.25. The highest BCUT2D eigenvalue weighted by atomic mass is 79.9. The average molecular weight is 362 g/mol. The number of phenolic OH excluding ortho intramolecular Hbond substituents is 1. The van der Waals surface area contributed by atoms with Crippen molar-refractivity contribution < 1.29 is 13.5 Å². The summed E-state index contributed by atoms with van der Waals surface area (Å²) in [5.41, 5.74) is 6.40. The number of benzene rings is 1. The molecule has 4 N–H and O–H groups in total. The van der Waals surface area contributed by atoms with Crippen molar-refractivity contribution in [1.82, 2.24) is 19.7 Å². The van der Waals surface area contributed by atoms with E-state index in [2.05, 4.69) is 31.0 Å². The fourth-order valence-electron chi connectivity index (χ4n) is 1.60. The van der Waals surface area contributed by atoms with Gasteiger partial charge in [0.15, 0.2) is 4.60 Å². The molecule has 1 aromatic carbocycles. The van der Waals surface area contributed by atoms with Gasteiger partial charge in [0.25, 0.3) is 10.0 Å². The topological polar surface area (TPSA) is 123 Å². The van der Waals surface area contributed by atoms with E-state index in [-0.39, 0.29) is 21.9 Å². The third kappa shape index (κ3) is 2.92. The van der Waals surface area contributed by atoms with Gasteiger partial charge in [-0.15, -0.1) is 5.10 Å². The Morgan fingerprint density at radius 1 is 1.50 bits per heavy atom. The molecule has 0 saturated carbocycles. The third-order valence-electron chi connectivity index (χ3n) is 2.55. The molecule has 20 heavy (non-hydrogen) atoms. The molecule has 2 aromatic rings. The minimum Gasteiger partial charge on any atom is -0.508 e. The number of sulfonamides is 1. The second kappa shape index (κ2) is 5.38. The summed E-state index contributed by atoms with van der Waals surface area (Å²) in [6.07, 6.45) is 0. The number of nitrogens with zero attached hydrogens (tertiary/aromatic N) is 3. The van der Waals surface area contributed by atoms with E-state index in [0.717, 1.165) is 4.68 Å². The van der Waals surface area contributed by atoms with Crippen molar-refractivity contribution in [3.63, 3.8) is 0 Å². The largest absolute Gasteiger partial charge is 0.508 e. The summed E-state index contributed by atoms with van der Waals surface area (Å²) < 4.78 is 27.9. The first-order valence-corrected chi connectivity index (χ1v) is 7.71. The Morgan fingerprint density at radius 3 is 2.80 bits per heavy atom. The number of nitrogens with two attached hydrogens (primary N) is 1. The SMILES string of the molecule is Cn1nnc(Br)c1S(=O)(=O)NCc1cc(N)ccc1O. The minimum absolute atomic E-state index is 0.0379. The van der Waals surface area contributed by atoms with Crippen LogP contribution in [0.1, 0.15) is 5.56 Å². The average Bonchev–Trinajstić information content (AvgIpc) is 2.71. The monoisotopic (exact) mass is 361 g/mol. The van der Waals surface area contributed by atoms with E-state index in [4.69, 9.17) is 5.73 Å². The fraction of sp³-hybridized carbons (Fsp3) is 0.200. The molecule has 2 rings (SSSR count). The molecule has 10 heteroatoms. The molecule has 0 saturated heterocycles. The Morgan fingerprint density at radius 2 is 2.20 bits per heavy atom. The van der Waals surface area contributed by atoms with E-state index in [1.807, 2.05) is 0 Å². The van der Waals surface area contributed by atoms with Crippen molar-refractivity contribution in [2.45, 2.75) is 11.6 Å². The molecule has 0 radical (unpaired) electrons. The highest BCUT2D eigenvalue weighted by molar-refractivity contribution is 9.10. The molecule has 8 nitrogen and oxygen atoms in total. The summed E-state index contributed by atoms with van der Waals surface area (Å²) in [5, 5.41) is 16.8. The van der Waals surface area contributed by atoms with Crippen LogP contribution in [0.15, 0.2) is 27.8 Å². The van der Waals surface area contributed by atoms with Gasteiger partial charge in [0.1, 0.15) is 5.75 Å². The second-order valence-corrected chi connectivity index (χ2v) is 6.46. The maximum Gasteiger partial charge on any atom is 0.260 e. The lowest BCUT2D eigenvalue weighted by molar-refractivity contribution is 0.467. The molecular weight excluding hydrogens is 350 g/mol. The smallest absolute Gasteiger partial charge is 0.260 e. The zero-order chi connectivity index (χ0) is 14.9. The first-order valence-electron chi connectivity index (χ1n) is 5.43. The van der Waals surface area contributed by atoms with Crippen molar-refractivity contribution in [2.24, 2.45) is 7.05 Å². The molecule has 108 valence electrons. The lowest BCUT2D eigenvalue weighted by Gasteiger charge is -2.08. The molecule has 1 aromatic heterocycles. The highest BCUT2D eigenvalue weighted by Crippen LogP contribution is 2.21. The Bertz CT molecular complexity index is 724. The third-order valence-corrected chi connectivity index (χ3v) is 4.84. The summed E-state index contributed by atoms with van der Waals surface area (Å²) in [7, 11) is -2.35. The maximum absolute atomic E-state index is 12.1. The van der Waals surface area contributed by atoms with E-state index in [1.54, 1.807) is 0 Å². The van der Waals surface area contributed by atoms with E-state index < -0.39 is 10.0 Å². The van der Waals surface area contributed by atoms with Crippen LogP contribution in [-0.2, 0) is 23.6 Å². The maximum atomic E-state index is 12.1. The summed E-state index contributed by atoms with van der Waals surface area (Å²) in [4.78, 5) is 0. The van der Waals surface area contributed by atoms with Gasteiger partial charge in [0.05, 0.1) is 0 Å². The molecule has 0 spiro atoms. The number of hydrogen-bond donors (Lipinski definition) is 3. The highest BCUT2D eigenvalue weighted by Gasteiger charge is 2.23. The number of aromatic hydroxyl groups is 1. The van der Waals surface area contributed by atoms with Crippen LogP contribution >= 0.6 is 15.9 Å². The molecule has 0 unspecified atom stereocenters. The van der Waals surface area contributed by atoms with Crippen LogP contribution in [0.2, 0.25) is 0 Å². The van der Waals surface area contributed by atoms with Crippen LogP contribution < -0.4 is 10.5 Å². The van der Waals surface area contributed by atoms with Gasteiger partial charge >= 0.3 is 0 Å². The van der Waals surface area contributed by atoms with E-state index in [0.29, 0.717) is 11.3 Å². The van der Waals surface area contributed by atoms with Crippen molar-refractivity contribution in [3.8, 4) is 5.75 Å². The van der Waals surface area contributed by atoms with Gasteiger partial charge in [0, 0.05) is 24.8 Å². The molecule has 0 aliphatic carbocycles. The Kier molecular flexibility index (Phi) is 3.97. The molecule has 0 fully saturated rings. The van der Waals surface area contributed by atoms with Crippen LogP contribution in [0.3, 0.4) is 0 Å². The van der Waals surface area contributed by atoms with Gasteiger partial charge in [-0.05, 0) is 34.1 Å². The standard InChI is InChI=1S/C10H12BrN5O3S/c1-16-10(9(11)14-15-16)20(18,19)13-5-6-4-7(12)2-3-8(6)17/h2-4,13,17H,5,12H2,1H3. The molecular formula is C10H12BrN5O3S. The summed E-state index contributed by atoms with van der Waals surface area (Å²) in [6.45, 7) is -0.100. The van der Waals surface area contributed by atoms with Crippen LogP contribution in [0.4, 0.5) is 5.69 Å². The van der Waals surface area contributed by atoms with Crippen molar-refractivity contribution in [2.75, 3.05) is 5.73 Å². The molecule has 0 atom stereocenters. The van der Waals surface area contributed by atoms with Gasteiger partial charge in [-0.25, -0.2) is 17.8 Å². The quantitative estimate of drug-likeness (QED) is 0.533. The van der Waals surface area contributed by atoms with Gasteiger partial charge in [-0.3, -0.25) is 0 Å². The van der Waals surface area contributed by atoms with Crippen LogP contribution in [0.25, 0.3) is 0 Å². The first-order chi connectivity index (χ1) is 9.31. The van der Waals surface area contributed by atoms with Gasteiger partial charge in [-0.1, -0.05) is 5.21 Å². The number of hydrogen-bond acceptors (Lipinski definition) is 6. The molecule has 0 aliphatic rings. The molecule has 0 amide bonds. The predicted molar refractivity (Wildman–Crippen MR) is 75.2 cm³/mol. The number of phenols is 1. The molecule has 0 aliphatic heterocycles. The molecule has 1 heterocycles. The van der Waals surface area contributed by atoms with Crippen molar-refractivity contribution in [3.05, 3.63) is 28.4 Å². The Balaban J connectivity index is 2.24. The van der Waals surface area contributed by atoms with E-state index >= 15 is 0 Å². The first kappa shape index (κ1) is 14.8. The number of anilines is 1. The van der Waals surface area contributed by atoms with E-state index in [1.165, 1.54) is 25.2 Å². The van der Waals surface area contributed by atoms with Crippen molar-refractivity contribution in [1.29, 1.82) is 0 Å². The fourth-order valence-corrected chi connectivity index (χ4v) is 3.69. The number of nitrogens with one attached hydrogen (secondary N) is 1. The summed E-state index contributed by atoms with van der Waals surface area (Å²) in [6, 6.07) is 4.42. The van der Waals surface area contributed by atoms with Crippen LogP contribution in [0.5, 0.6) is 5.75 Å². The number of aryl methyl sites for hydroxylation is 1. The van der Waals surface area contributed by atoms with Crippen LogP contribution in [-0.4, -0.2) is 28.5 Å². The number of halogens is 1. The van der Waals surface area contributed by atoms with Gasteiger partial charge in [0.2, 0.25) is 5.03 Å². The summed E-state index contributed by atoms with van der Waals surface area (Å²) >= 11 is 3.02. The Labute approximate surface area is 123 Å². The number of rotatable bonds is 4. The summed E-state index contributed by atoms with van der Waals surface area (Å²) in [5.74, 6) is -0.0379. The van der Waals surface area contributed by atoms with Crippen molar-refractivity contribution >= 4 is 31.6 Å². The number of aromatic nitrogens is 3. The van der Waals surface area contributed by atoms with Crippen LogP contribution in [0, 0.1) is 0 Å². The zero-order valence-corrected chi connectivity index (χ0v) is 12.8. The lowest BCUT2D eigenvalue weighted by atomic mass is 10.2. The normalized spacial score (nSPS) is 11.7. The second-order valence-electron chi connectivity index (χ2n) is 4.02. The minimum atomic E-state index is -3.82. The predicted octanol–water partition coefficient (Wildman–Crippen LogP) is 0.344. The number of nitrogen functional groups attached to an aromatic ring is 1. The Hall–Kier alpha value is -1.65. The molecule has 0 bridgehead atoms. The van der Waals surface area contributed by atoms with Gasteiger partial charge < -0.3 is 10.8 Å².